The highest BCUT2D eigenvalue weighted by Gasteiger charge is 2.29. The summed E-state index contributed by atoms with van der Waals surface area (Å²) in [5.74, 6) is -0.463. The van der Waals surface area contributed by atoms with Crippen LogP contribution in [0.5, 0.6) is 0 Å². The van der Waals surface area contributed by atoms with Crippen LogP contribution >= 0.6 is 11.3 Å². The van der Waals surface area contributed by atoms with Gasteiger partial charge in [0.2, 0.25) is 10.0 Å². The average Bonchev–Trinajstić information content (AvgIpc) is 3.56. The van der Waals surface area contributed by atoms with Crippen molar-refractivity contribution in [2.45, 2.75) is 37.2 Å². The largest absolute Gasteiger partial charge is 0.377 e. The van der Waals surface area contributed by atoms with Crippen LogP contribution in [-0.4, -0.2) is 47.9 Å². The Morgan fingerprint density at radius 3 is 2.65 bits per heavy atom. The van der Waals surface area contributed by atoms with Gasteiger partial charge in [-0.1, -0.05) is 29.8 Å². The molecule has 1 fully saturated rings. The topological polar surface area (TPSA) is 63.9 Å². The molecule has 6 nitrogen and oxygen atoms in total. The standard InChI is InChI=1S/C25H26FN3O3S2/c1-18-4-6-19(7-5-18)24-16-29-21(17-33-25(29)27-24)12-13-28(15-22-3-2-14-32-22)34(30,31)23-10-8-20(26)9-11-23/h4-11,16-17,22H,2-3,12-15H2,1H3. The van der Waals surface area contributed by atoms with Gasteiger partial charge in [0.1, 0.15) is 5.82 Å². The fourth-order valence-electron chi connectivity index (χ4n) is 4.19. The van der Waals surface area contributed by atoms with Crippen LogP contribution in [0.2, 0.25) is 0 Å². The van der Waals surface area contributed by atoms with Crippen LogP contribution < -0.4 is 0 Å². The molecular weight excluding hydrogens is 473 g/mol. The molecule has 178 valence electrons. The van der Waals surface area contributed by atoms with E-state index in [0.717, 1.165) is 34.8 Å². The smallest absolute Gasteiger partial charge is 0.243 e. The molecule has 1 saturated heterocycles. The van der Waals surface area contributed by atoms with Gasteiger partial charge in [0.05, 0.1) is 16.7 Å². The zero-order valence-corrected chi connectivity index (χ0v) is 20.5. The minimum Gasteiger partial charge on any atom is -0.377 e. The molecule has 4 aromatic rings. The van der Waals surface area contributed by atoms with Gasteiger partial charge in [-0.25, -0.2) is 17.8 Å². The van der Waals surface area contributed by atoms with E-state index >= 15 is 0 Å². The maximum atomic E-state index is 13.4. The normalized spacial score (nSPS) is 16.6. The Bertz CT molecular complexity index is 1370. The van der Waals surface area contributed by atoms with E-state index in [1.807, 2.05) is 16.0 Å². The second kappa shape index (κ2) is 9.58. The number of aryl methyl sites for hydroxylation is 1. The van der Waals surface area contributed by atoms with Crippen molar-refractivity contribution in [2.24, 2.45) is 0 Å². The summed E-state index contributed by atoms with van der Waals surface area (Å²) in [5.41, 5.74) is 4.13. The van der Waals surface area contributed by atoms with Crippen molar-refractivity contribution in [3.8, 4) is 11.3 Å². The monoisotopic (exact) mass is 499 g/mol. The van der Waals surface area contributed by atoms with Crippen molar-refractivity contribution in [3.63, 3.8) is 0 Å². The van der Waals surface area contributed by atoms with E-state index in [0.29, 0.717) is 19.6 Å². The number of hydrogen-bond donors (Lipinski definition) is 0. The van der Waals surface area contributed by atoms with Crippen LogP contribution in [0.15, 0.2) is 65.0 Å². The van der Waals surface area contributed by atoms with Crippen LogP contribution in [0.1, 0.15) is 24.1 Å². The molecule has 9 heteroatoms. The molecule has 5 rings (SSSR count). The molecule has 0 spiro atoms. The van der Waals surface area contributed by atoms with Gasteiger partial charge in [-0.05, 0) is 44.0 Å². The van der Waals surface area contributed by atoms with E-state index in [2.05, 4.69) is 31.2 Å². The summed E-state index contributed by atoms with van der Waals surface area (Å²) in [7, 11) is -3.79. The summed E-state index contributed by atoms with van der Waals surface area (Å²) >= 11 is 1.54. The highest BCUT2D eigenvalue weighted by Crippen LogP contribution is 2.26. The Morgan fingerprint density at radius 1 is 1.18 bits per heavy atom. The fourth-order valence-corrected chi connectivity index (χ4v) is 6.57. The number of imidazole rings is 1. The van der Waals surface area contributed by atoms with E-state index < -0.39 is 15.8 Å². The molecule has 1 aliphatic heterocycles. The molecule has 1 unspecified atom stereocenters. The number of benzene rings is 2. The maximum Gasteiger partial charge on any atom is 0.243 e. The number of thiazole rings is 1. The minimum absolute atomic E-state index is 0.0895. The molecule has 2 aromatic carbocycles. The summed E-state index contributed by atoms with van der Waals surface area (Å²) in [5, 5.41) is 2.02. The van der Waals surface area contributed by atoms with E-state index in [-0.39, 0.29) is 17.5 Å². The minimum atomic E-state index is -3.79. The third-order valence-corrected chi connectivity index (χ3v) is 8.90. The summed E-state index contributed by atoms with van der Waals surface area (Å²) in [6.07, 6.45) is 4.16. The fraction of sp³-hybridized carbons (Fsp3) is 0.320. The Balaban J connectivity index is 1.39. The SMILES string of the molecule is Cc1ccc(-c2cn3c(CCN(CC4CCCO4)S(=O)(=O)c4ccc(F)cc4)csc3n2)cc1. The first-order chi connectivity index (χ1) is 16.4. The lowest BCUT2D eigenvalue weighted by Gasteiger charge is -2.25. The van der Waals surface area contributed by atoms with Crippen LogP contribution in [0.4, 0.5) is 4.39 Å². The number of sulfonamides is 1. The molecule has 34 heavy (non-hydrogen) atoms. The van der Waals surface area contributed by atoms with Gasteiger partial charge in [0.25, 0.3) is 0 Å². The quantitative estimate of drug-likeness (QED) is 0.345. The summed E-state index contributed by atoms with van der Waals surface area (Å²) in [4.78, 5) is 5.70. The van der Waals surface area contributed by atoms with Crippen molar-refractivity contribution in [1.29, 1.82) is 0 Å². The Morgan fingerprint density at radius 2 is 1.94 bits per heavy atom. The van der Waals surface area contributed by atoms with Crippen LogP contribution in [0.3, 0.4) is 0 Å². The molecule has 3 heterocycles. The number of halogens is 1. The Labute approximate surface area is 202 Å². The van der Waals surface area contributed by atoms with Crippen molar-refractivity contribution in [1.82, 2.24) is 13.7 Å². The highest BCUT2D eigenvalue weighted by molar-refractivity contribution is 7.89. The predicted molar refractivity (Wildman–Crippen MR) is 131 cm³/mol. The maximum absolute atomic E-state index is 13.4. The van der Waals surface area contributed by atoms with Crippen LogP contribution in [0, 0.1) is 12.7 Å². The first kappa shape index (κ1) is 23.2. The summed E-state index contributed by atoms with van der Waals surface area (Å²) in [6.45, 7) is 3.28. The van der Waals surface area contributed by atoms with Crippen molar-refractivity contribution < 1.29 is 17.5 Å². The number of nitrogens with zero attached hydrogens (tertiary/aromatic N) is 3. The van der Waals surface area contributed by atoms with Gasteiger partial charge in [-0.2, -0.15) is 4.31 Å². The van der Waals surface area contributed by atoms with Crippen molar-refractivity contribution in [3.05, 3.63) is 77.2 Å². The molecule has 0 radical (unpaired) electrons. The number of aromatic nitrogens is 2. The van der Waals surface area contributed by atoms with Crippen LogP contribution in [-0.2, 0) is 21.2 Å². The average molecular weight is 500 g/mol. The zero-order chi connectivity index (χ0) is 23.7. The van der Waals surface area contributed by atoms with Crippen molar-refractivity contribution >= 4 is 26.3 Å². The predicted octanol–water partition coefficient (Wildman–Crippen LogP) is 4.92. The van der Waals surface area contributed by atoms with Gasteiger partial charge in [0, 0.05) is 49.0 Å². The molecule has 1 atom stereocenters. The lowest BCUT2D eigenvalue weighted by Crippen LogP contribution is -2.38. The number of ether oxygens (including phenoxy) is 1. The molecule has 0 bridgehead atoms. The number of rotatable bonds is 8. The third-order valence-electron chi connectivity index (χ3n) is 6.13. The Hall–Kier alpha value is -2.59. The highest BCUT2D eigenvalue weighted by atomic mass is 32.2. The molecule has 2 aromatic heterocycles. The molecule has 0 amide bonds. The molecule has 0 saturated carbocycles. The number of hydrogen-bond acceptors (Lipinski definition) is 5. The van der Waals surface area contributed by atoms with E-state index in [1.165, 1.54) is 34.1 Å². The molecule has 0 aliphatic carbocycles. The van der Waals surface area contributed by atoms with Gasteiger partial charge in [-0.3, -0.25) is 4.40 Å². The lowest BCUT2D eigenvalue weighted by atomic mass is 10.1. The van der Waals surface area contributed by atoms with Gasteiger partial charge < -0.3 is 4.74 Å². The first-order valence-electron chi connectivity index (χ1n) is 11.3. The molecule has 1 aliphatic rings. The summed E-state index contributed by atoms with van der Waals surface area (Å²) in [6, 6.07) is 13.2. The van der Waals surface area contributed by atoms with Crippen LogP contribution in [0.25, 0.3) is 16.2 Å². The Kier molecular flexibility index (Phi) is 6.52. The van der Waals surface area contributed by atoms with E-state index in [1.54, 1.807) is 11.3 Å². The third kappa shape index (κ3) is 4.79. The van der Waals surface area contributed by atoms with E-state index in [4.69, 9.17) is 9.72 Å². The van der Waals surface area contributed by atoms with Crippen molar-refractivity contribution in [2.75, 3.05) is 19.7 Å². The zero-order valence-electron chi connectivity index (χ0n) is 18.9. The lowest BCUT2D eigenvalue weighted by molar-refractivity contribution is 0.0939. The molecular formula is C25H26FN3O3S2. The number of fused-ring (bicyclic) bond motifs is 1. The molecule has 0 N–H and O–H groups in total. The van der Waals surface area contributed by atoms with Gasteiger partial charge in [0.15, 0.2) is 4.96 Å². The van der Waals surface area contributed by atoms with Gasteiger partial charge in [-0.15, -0.1) is 11.3 Å². The second-order valence-electron chi connectivity index (χ2n) is 8.57. The van der Waals surface area contributed by atoms with E-state index in [9.17, 15) is 12.8 Å². The van der Waals surface area contributed by atoms with Gasteiger partial charge >= 0.3 is 0 Å². The first-order valence-corrected chi connectivity index (χ1v) is 13.6. The second-order valence-corrected chi connectivity index (χ2v) is 11.3. The summed E-state index contributed by atoms with van der Waals surface area (Å²) < 4.78 is 49.4.